The molecule has 15 heavy (non-hydrogen) atoms. The van der Waals surface area contributed by atoms with Crippen LogP contribution in [0.5, 0.6) is 0 Å². The maximum atomic E-state index is 6.08. The molecular formula is C11H15ClN2O. The molecule has 1 aromatic rings. The lowest BCUT2D eigenvalue weighted by Gasteiger charge is -2.21. The van der Waals surface area contributed by atoms with E-state index in [1.165, 1.54) is 5.69 Å². The SMILES string of the molecule is Cc1c(Cl)cccc1N1CCC(ON)C1. The first-order valence-electron chi connectivity index (χ1n) is 5.08. The Morgan fingerprint density at radius 1 is 1.53 bits per heavy atom. The molecule has 3 nitrogen and oxygen atoms in total. The van der Waals surface area contributed by atoms with E-state index in [0.717, 1.165) is 30.1 Å². The third kappa shape index (κ3) is 2.09. The van der Waals surface area contributed by atoms with Crippen molar-refractivity contribution in [2.24, 2.45) is 5.90 Å². The first-order valence-corrected chi connectivity index (χ1v) is 5.45. The summed E-state index contributed by atoms with van der Waals surface area (Å²) in [6.07, 6.45) is 1.12. The average Bonchev–Trinajstić information content (AvgIpc) is 2.70. The Morgan fingerprint density at radius 3 is 3.00 bits per heavy atom. The zero-order valence-electron chi connectivity index (χ0n) is 8.74. The topological polar surface area (TPSA) is 38.5 Å². The van der Waals surface area contributed by atoms with Crippen molar-refractivity contribution >= 4 is 17.3 Å². The molecule has 1 atom stereocenters. The van der Waals surface area contributed by atoms with Gasteiger partial charge >= 0.3 is 0 Å². The van der Waals surface area contributed by atoms with Crippen molar-refractivity contribution < 1.29 is 4.84 Å². The highest BCUT2D eigenvalue weighted by Gasteiger charge is 2.24. The smallest absolute Gasteiger partial charge is 0.0978 e. The lowest BCUT2D eigenvalue weighted by molar-refractivity contribution is 0.0690. The first-order chi connectivity index (χ1) is 7.22. The van der Waals surface area contributed by atoms with Gasteiger partial charge in [-0.1, -0.05) is 17.7 Å². The molecule has 0 amide bonds. The van der Waals surface area contributed by atoms with Gasteiger partial charge < -0.3 is 4.90 Å². The Morgan fingerprint density at radius 2 is 2.33 bits per heavy atom. The maximum absolute atomic E-state index is 6.08. The quantitative estimate of drug-likeness (QED) is 0.786. The predicted octanol–water partition coefficient (Wildman–Crippen LogP) is 2.12. The fraction of sp³-hybridized carbons (Fsp3) is 0.455. The van der Waals surface area contributed by atoms with Crippen LogP contribution in [0.4, 0.5) is 5.69 Å². The van der Waals surface area contributed by atoms with E-state index >= 15 is 0 Å². The highest BCUT2D eigenvalue weighted by molar-refractivity contribution is 6.31. The number of benzene rings is 1. The van der Waals surface area contributed by atoms with E-state index in [2.05, 4.69) is 11.0 Å². The molecule has 1 aromatic carbocycles. The van der Waals surface area contributed by atoms with Gasteiger partial charge in [-0.3, -0.25) is 4.84 Å². The Labute approximate surface area is 94.7 Å². The monoisotopic (exact) mass is 226 g/mol. The number of nitrogens with zero attached hydrogens (tertiary/aromatic N) is 1. The molecule has 0 saturated carbocycles. The molecule has 1 saturated heterocycles. The zero-order valence-corrected chi connectivity index (χ0v) is 9.50. The van der Waals surface area contributed by atoms with Gasteiger partial charge in [0.2, 0.25) is 0 Å². The Balaban J connectivity index is 2.20. The van der Waals surface area contributed by atoms with Crippen molar-refractivity contribution in [2.45, 2.75) is 19.4 Å². The average molecular weight is 227 g/mol. The molecule has 1 heterocycles. The van der Waals surface area contributed by atoms with E-state index in [0.29, 0.717) is 0 Å². The minimum atomic E-state index is 0.142. The molecule has 1 aliphatic heterocycles. The van der Waals surface area contributed by atoms with Gasteiger partial charge in [-0.25, -0.2) is 5.90 Å². The van der Waals surface area contributed by atoms with Gasteiger partial charge in [-0.2, -0.15) is 0 Å². The third-order valence-electron chi connectivity index (χ3n) is 2.92. The summed E-state index contributed by atoms with van der Waals surface area (Å²) in [5.74, 6) is 5.19. The normalized spacial score (nSPS) is 21.0. The van der Waals surface area contributed by atoms with E-state index in [1.807, 2.05) is 19.1 Å². The van der Waals surface area contributed by atoms with Crippen LogP contribution in [0.3, 0.4) is 0 Å². The minimum absolute atomic E-state index is 0.142. The van der Waals surface area contributed by atoms with Gasteiger partial charge in [0.1, 0.15) is 0 Å². The highest BCUT2D eigenvalue weighted by Crippen LogP contribution is 2.29. The zero-order chi connectivity index (χ0) is 10.8. The van der Waals surface area contributed by atoms with Gasteiger partial charge in [0.05, 0.1) is 6.10 Å². The molecule has 2 N–H and O–H groups in total. The molecule has 2 rings (SSSR count). The molecule has 0 aromatic heterocycles. The van der Waals surface area contributed by atoms with E-state index in [4.69, 9.17) is 22.3 Å². The standard InChI is InChI=1S/C11H15ClN2O/c1-8-10(12)3-2-4-11(8)14-6-5-9(7-14)15-13/h2-4,9H,5-7,13H2,1H3. The number of anilines is 1. The number of hydrogen-bond donors (Lipinski definition) is 1. The summed E-state index contributed by atoms with van der Waals surface area (Å²) >= 11 is 6.08. The van der Waals surface area contributed by atoms with Crippen LogP contribution in [-0.4, -0.2) is 19.2 Å². The Hall–Kier alpha value is -0.770. The van der Waals surface area contributed by atoms with Gasteiger partial charge in [-0.15, -0.1) is 0 Å². The summed E-state index contributed by atoms with van der Waals surface area (Å²) in [6.45, 7) is 3.86. The molecular weight excluding hydrogens is 212 g/mol. The van der Waals surface area contributed by atoms with E-state index < -0.39 is 0 Å². The molecule has 1 aliphatic rings. The van der Waals surface area contributed by atoms with Gasteiger partial charge in [0, 0.05) is 23.8 Å². The second-order valence-electron chi connectivity index (χ2n) is 3.88. The molecule has 1 unspecified atom stereocenters. The van der Waals surface area contributed by atoms with E-state index in [-0.39, 0.29) is 6.10 Å². The predicted molar refractivity (Wildman–Crippen MR) is 62.1 cm³/mol. The Kier molecular flexibility index (Phi) is 3.14. The minimum Gasteiger partial charge on any atom is -0.368 e. The van der Waals surface area contributed by atoms with Crippen molar-refractivity contribution in [1.29, 1.82) is 0 Å². The van der Waals surface area contributed by atoms with Crippen LogP contribution in [0, 0.1) is 6.92 Å². The first kappa shape index (κ1) is 10.7. The van der Waals surface area contributed by atoms with Crippen LogP contribution in [0.2, 0.25) is 5.02 Å². The van der Waals surface area contributed by atoms with Gasteiger partial charge in [0.15, 0.2) is 0 Å². The van der Waals surface area contributed by atoms with Crippen LogP contribution in [0.25, 0.3) is 0 Å². The molecule has 0 spiro atoms. The molecule has 0 aliphatic carbocycles. The van der Waals surface area contributed by atoms with Crippen LogP contribution in [-0.2, 0) is 4.84 Å². The molecule has 1 fully saturated rings. The summed E-state index contributed by atoms with van der Waals surface area (Å²) in [7, 11) is 0. The van der Waals surface area contributed by atoms with Crippen molar-refractivity contribution in [3.05, 3.63) is 28.8 Å². The van der Waals surface area contributed by atoms with Crippen molar-refractivity contribution in [1.82, 2.24) is 0 Å². The summed E-state index contributed by atoms with van der Waals surface area (Å²) in [5.41, 5.74) is 2.30. The second-order valence-corrected chi connectivity index (χ2v) is 4.28. The summed E-state index contributed by atoms with van der Waals surface area (Å²) in [6, 6.07) is 5.97. The van der Waals surface area contributed by atoms with Crippen LogP contribution in [0.15, 0.2) is 18.2 Å². The fourth-order valence-electron chi connectivity index (χ4n) is 2.00. The molecule has 4 heteroatoms. The van der Waals surface area contributed by atoms with Crippen molar-refractivity contribution in [3.63, 3.8) is 0 Å². The number of rotatable bonds is 2. The van der Waals surface area contributed by atoms with Gasteiger partial charge in [0.25, 0.3) is 0 Å². The molecule has 0 bridgehead atoms. The lowest BCUT2D eigenvalue weighted by Crippen LogP contribution is -2.25. The van der Waals surface area contributed by atoms with Crippen LogP contribution < -0.4 is 10.8 Å². The summed E-state index contributed by atoms with van der Waals surface area (Å²) in [4.78, 5) is 7.12. The number of halogens is 1. The van der Waals surface area contributed by atoms with E-state index in [9.17, 15) is 0 Å². The fourth-order valence-corrected chi connectivity index (χ4v) is 2.17. The Bertz CT molecular complexity index is 356. The van der Waals surface area contributed by atoms with Crippen molar-refractivity contribution in [2.75, 3.05) is 18.0 Å². The highest BCUT2D eigenvalue weighted by atomic mass is 35.5. The molecule has 0 radical (unpaired) electrons. The van der Waals surface area contributed by atoms with E-state index in [1.54, 1.807) is 0 Å². The second kappa shape index (κ2) is 4.39. The number of nitrogens with two attached hydrogens (primary N) is 1. The summed E-state index contributed by atoms with van der Waals surface area (Å²) in [5, 5.41) is 0.810. The van der Waals surface area contributed by atoms with Crippen LogP contribution >= 0.6 is 11.6 Å². The largest absolute Gasteiger partial charge is 0.368 e. The van der Waals surface area contributed by atoms with Crippen LogP contribution in [0.1, 0.15) is 12.0 Å². The van der Waals surface area contributed by atoms with Crippen molar-refractivity contribution in [3.8, 4) is 0 Å². The third-order valence-corrected chi connectivity index (χ3v) is 3.33. The lowest BCUT2D eigenvalue weighted by atomic mass is 10.2. The number of hydrogen-bond acceptors (Lipinski definition) is 3. The maximum Gasteiger partial charge on any atom is 0.0978 e. The van der Waals surface area contributed by atoms with Gasteiger partial charge in [-0.05, 0) is 31.0 Å². The molecule has 82 valence electrons. The summed E-state index contributed by atoms with van der Waals surface area (Å²) < 4.78 is 0.